The van der Waals surface area contributed by atoms with Gasteiger partial charge in [-0.1, -0.05) is 32.4 Å². The van der Waals surface area contributed by atoms with Gasteiger partial charge in [0, 0.05) is 20.3 Å². The first-order valence-corrected chi connectivity index (χ1v) is 15.2. The third-order valence-corrected chi connectivity index (χ3v) is 12.0. The SMILES string of the molecule is CC(=O)OC1CCC2(C)C(=CCC3C2CCC2(C)C(C(C)C4CC(C(C)(C)O)C(OC(C)=O)O4)CCC32)C1. The Kier molecular flexibility index (Phi) is 7.33. The Hall–Kier alpha value is -1.40. The van der Waals surface area contributed by atoms with Crippen molar-refractivity contribution in [1.82, 2.24) is 0 Å². The minimum absolute atomic E-state index is 0.0130. The van der Waals surface area contributed by atoms with E-state index in [1.54, 1.807) is 13.8 Å². The van der Waals surface area contributed by atoms with Crippen LogP contribution in [0, 0.1) is 46.3 Å². The Labute approximate surface area is 229 Å². The zero-order valence-electron chi connectivity index (χ0n) is 24.6. The minimum Gasteiger partial charge on any atom is -0.462 e. The Morgan fingerprint density at radius 1 is 1.05 bits per heavy atom. The van der Waals surface area contributed by atoms with Crippen molar-refractivity contribution < 1.29 is 28.9 Å². The first kappa shape index (κ1) is 28.1. The highest BCUT2D eigenvalue weighted by molar-refractivity contribution is 5.66. The number of allylic oxidation sites excluding steroid dienone is 1. The molecular weight excluding hydrogens is 480 g/mol. The summed E-state index contributed by atoms with van der Waals surface area (Å²) >= 11 is 0. The van der Waals surface area contributed by atoms with Crippen molar-refractivity contribution >= 4 is 11.9 Å². The van der Waals surface area contributed by atoms with Crippen LogP contribution < -0.4 is 0 Å². The Morgan fingerprint density at radius 2 is 1.76 bits per heavy atom. The molecule has 1 aliphatic heterocycles. The molecule has 1 N–H and O–H groups in total. The zero-order valence-corrected chi connectivity index (χ0v) is 24.6. The van der Waals surface area contributed by atoms with Crippen molar-refractivity contribution in [2.24, 2.45) is 46.3 Å². The molecule has 214 valence electrons. The van der Waals surface area contributed by atoms with E-state index in [-0.39, 0.29) is 40.9 Å². The Balaban J connectivity index is 1.32. The lowest BCUT2D eigenvalue weighted by atomic mass is 9.47. The van der Waals surface area contributed by atoms with Crippen LogP contribution in [0.4, 0.5) is 0 Å². The fourth-order valence-corrected chi connectivity index (χ4v) is 10.0. The van der Waals surface area contributed by atoms with E-state index in [1.807, 2.05) is 0 Å². The average molecular weight is 531 g/mol. The fourth-order valence-electron chi connectivity index (χ4n) is 10.0. The van der Waals surface area contributed by atoms with E-state index in [0.29, 0.717) is 29.6 Å². The van der Waals surface area contributed by atoms with E-state index >= 15 is 0 Å². The molecule has 0 radical (unpaired) electrons. The second-order valence-electron chi connectivity index (χ2n) is 14.5. The quantitative estimate of drug-likeness (QED) is 0.337. The van der Waals surface area contributed by atoms with E-state index in [9.17, 15) is 14.7 Å². The molecule has 1 saturated heterocycles. The molecular formula is C32H50O6. The summed E-state index contributed by atoms with van der Waals surface area (Å²) in [6.07, 6.45) is 11.8. The summed E-state index contributed by atoms with van der Waals surface area (Å²) in [6, 6.07) is 0. The molecule has 0 bridgehead atoms. The number of carbonyl (C=O) groups is 2. The molecule has 11 atom stereocenters. The zero-order chi connectivity index (χ0) is 27.6. The van der Waals surface area contributed by atoms with Gasteiger partial charge in [0.15, 0.2) is 0 Å². The highest BCUT2D eigenvalue weighted by atomic mass is 16.7. The van der Waals surface area contributed by atoms with Gasteiger partial charge in [-0.25, -0.2) is 0 Å². The number of hydrogen-bond acceptors (Lipinski definition) is 6. The second kappa shape index (κ2) is 9.90. The molecule has 6 heteroatoms. The van der Waals surface area contributed by atoms with Gasteiger partial charge < -0.3 is 19.3 Å². The number of hydrogen-bond donors (Lipinski definition) is 1. The summed E-state index contributed by atoms with van der Waals surface area (Å²) in [5.74, 6) is 2.31. The predicted octanol–water partition coefficient (Wildman–Crippen LogP) is 6.20. The molecule has 0 aromatic heterocycles. The van der Waals surface area contributed by atoms with Crippen LogP contribution in [-0.4, -0.2) is 41.1 Å². The third-order valence-electron chi connectivity index (χ3n) is 12.0. The molecule has 0 spiro atoms. The molecule has 5 rings (SSSR count). The van der Waals surface area contributed by atoms with Crippen LogP contribution in [-0.2, 0) is 23.8 Å². The van der Waals surface area contributed by atoms with Crippen molar-refractivity contribution in [1.29, 1.82) is 0 Å². The predicted molar refractivity (Wildman–Crippen MR) is 145 cm³/mol. The number of carbonyl (C=O) groups excluding carboxylic acids is 2. The Bertz CT molecular complexity index is 965. The Morgan fingerprint density at radius 3 is 2.42 bits per heavy atom. The number of ether oxygens (including phenoxy) is 3. The topological polar surface area (TPSA) is 82.1 Å². The van der Waals surface area contributed by atoms with Crippen LogP contribution in [0.1, 0.15) is 106 Å². The van der Waals surface area contributed by atoms with Crippen molar-refractivity contribution in [3.05, 3.63) is 11.6 Å². The largest absolute Gasteiger partial charge is 0.462 e. The molecule has 0 amide bonds. The minimum atomic E-state index is -0.967. The van der Waals surface area contributed by atoms with E-state index < -0.39 is 11.9 Å². The first-order valence-electron chi connectivity index (χ1n) is 15.2. The number of aliphatic hydroxyl groups is 1. The van der Waals surface area contributed by atoms with Crippen LogP contribution in [0.3, 0.4) is 0 Å². The van der Waals surface area contributed by atoms with Crippen LogP contribution in [0.25, 0.3) is 0 Å². The van der Waals surface area contributed by atoms with E-state index in [2.05, 4.69) is 26.8 Å². The molecule has 38 heavy (non-hydrogen) atoms. The van der Waals surface area contributed by atoms with Crippen molar-refractivity contribution in [2.45, 2.75) is 130 Å². The number of rotatable bonds is 5. The lowest BCUT2D eigenvalue weighted by molar-refractivity contribution is -0.195. The number of esters is 2. The van der Waals surface area contributed by atoms with Gasteiger partial charge in [-0.3, -0.25) is 9.59 Å². The molecule has 5 aliphatic rings. The lowest BCUT2D eigenvalue weighted by Crippen LogP contribution is -2.51. The van der Waals surface area contributed by atoms with Gasteiger partial charge in [0.25, 0.3) is 0 Å². The summed E-state index contributed by atoms with van der Waals surface area (Å²) < 4.78 is 17.5. The average Bonchev–Trinajstić information content (AvgIpc) is 3.39. The maximum atomic E-state index is 11.8. The standard InChI is InChI=1S/C32H50O6/c1-18(28-17-27(30(4,5)35)29(38-28)37-20(3)34)24-10-11-25-23-9-8-21-16-22(36-19(2)33)12-14-31(21,6)26(23)13-15-32(24,25)7/h8,18,22-29,35H,9-17H2,1-7H3. The van der Waals surface area contributed by atoms with Gasteiger partial charge in [-0.05, 0) is 106 Å². The summed E-state index contributed by atoms with van der Waals surface area (Å²) in [5, 5.41) is 10.8. The van der Waals surface area contributed by atoms with E-state index in [0.717, 1.165) is 32.1 Å². The van der Waals surface area contributed by atoms with Gasteiger partial charge in [0.1, 0.15) is 6.10 Å². The molecule has 3 saturated carbocycles. The van der Waals surface area contributed by atoms with Gasteiger partial charge in [-0.15, -0.1) is 0 Å². The molecule has 1 heterocycles. The van der Waals surface area contributed by atoms with Gasteiger partial charge in [0.05, 0.1) is 17.6 Å². The van der Waals surface area contributed by atoms with Crippen LogP contribution in [0.2, 0.25) is 0 Å². The molecule has 11 unspecified atom stereocenters. The van der Waals surface area contributed by atoms with Crippen molar-refractivity contribution in [3.63, 3.8) is 0 Å². The molecule has 4 aliphatic carbocycles. The molecule has 4 fully saturated rings. The molecule has 0 aromatic carbocycles. The van der Waals surface area contributed by atoms with Crippen molar-refractivity contribution in [3.8, 4) is 0 Å². The highest BCUT2D eigenvalue weighted by Gasteiger charge is 2.60. The normalized spacial score (nSPS) is 45.3. The van der Waals surface area contributed by atoms with E-state index in [4.69, 9.17) is 14.2 Å². The van der Waals surface area contributed by atoms with Crippen LogP contribution in [0.5, 0.6) is 0 Å². The molecule has 6 nitrogen and oxygen atoms in total. The summed E-state index contributed by atoms with van der Waals surface area (Å²) in [7, 11) is 0. The smallest absolute Gasteiger partial charge is 0.304 e. The maximum absolute atomic E-state index is 11.8. The summed E-state index contributed by atoms with van der Waals surface area (Å²) in [4.78, 5) is 23.3. The van der Waals surface area contributed by atoms with Crippen molar-refractivity contribution in [2.75, 3.05) is 0 Å². The summed E-state index contributed by atoms with van der Waals surface area (Å²) in [6.45, 7) is 13.9. The van der Waals surface area contributed by atoms with E-state index in [1.165, 1.54) is 45.1 Å². The fraction of sp³-hybridized carbons (Fsp3) is 0.875. The monoisotopic (exact) mass is 530 g/mol. The molecule has 0 aromatic rings. The lowest BCUT2D eigenvalue weighted by Gasteiger charge is -2.58. The van der Waals surface area contributed by atoms with Crippen LogP contribution >= 0.6 is 0 Å². The highest BCUT2D eigenvalue weighted by Crippen LogP contribution is 2.67. The van der Waals surface area contributed by atoms with Gasteiger partial charge >= 0.3 is 11.9 Å². The first-order chi connectivity index (χ1) is 17.7. The van der Waals surface area contributed by atoms with Crippen LogP contribution in [0.15, 0.2) is 11.6 Å². The number of fused-ring (bicyclic) bond motifs is 5. The maximum Gasteiger partial charge on any atom is 0.304 e. The second-order valence-corrected chi connectivity index (χ2v) is 14.5. The third kappa shape index (κ3) is 4.76. The van der Waals surface area contributed by atoms with Gasteiger partial charge in [0.2, 0.25) is 6.29 Å². The van der Waals surface area contributed by atoms with Gasteiger partial charge in [-0.2, -0.15) is 0 Å². The summed E-state index contributed by atoms with van der Waals surface area (Å²) in [5.41, 5.74) is 1.09.